The Hall–Kier alpha value is -3.28. The molecule has 6 heteroatoms. The number of amides is 1. The fourth-order valence-electron chi connectivity index (χ4n) is 3.54. The van der Waals surface area contributed by atoms with Gasteiger partial charge in [0.1, 0.15) is 11.6 Å². The molecule has 1 unspecified atom stereocenters. The maximum Gasteiger partial charge on any atom is 0.226 e. The van der Waals surface area contributed by atoms with Crippen LogP contribution in [0.3, 0.4) is 0 Å². The van der Waals surface area contributed by atoms with Crippen LogP contribution in [-0.2, 0) is 17.6 Å². The van der Waals surface area contributed by atoms with E-state index in [-0.39, 0.29) is 18.4 Å². The van der Waals surface area contributed by atoms with Gasteiger partial charge in [0, 0.05) is 43.0 Å². The molecule has 0 radical (unpaired) electrons. The predicted octanol–water partition coefficient (Wildman–Crippen LogP) is 3.74. The Morgan fingerprint density at radius 2 is 1.97 bits per heavy atom. The zero-order valence-electron chi connectivity index (χ0n) is 17.4. The average molecular weight is 402 g/mol. The first-order valence-electron chi connectivity index (χ1n) is 10.4. The fourth-order valence-corrected chi connectivity index (χ4v) is 3.54. The number of carbonyl (C=O) groups excluding carboxylic acids is 1. The van der Waals surface area contributed by atoms with Crippen molar-refractivity contribution in [3.8, 4) is 0 Å². The monoisotopic (exact) mass is 401 g/mol. The van der Waals surface area contributed by atoms with Gasteiger partial charge in [-0.15, -0.1) is 0 Å². The summed E-state index contributed by atoms with van der Waals surface area (Å²) in [7, 11) is 1.87. The Balaban J connectivity index is 1.57. The molecule has 2 N–H and O–H groups in total. The minimum atomic E-state index is -0.173. The molecule has 1 atom stereocenters. The van der Waals surface area contributed by atoms with E-state index in [1.54, 1.807) is 6.20 Å². The highest BCUT2D eigenvalue weighted by Crippen LogP contribution is 2.38. The number of anilines is 1. The van der Waals surface area contributed by atoms with Crippen LogP contribution < -0.4 is 10.6 Å². The van der Waals surface area contributed by atoms with Gasteiger partial charge in [0.2, 0.25) is 5.91 Å². The second kappa shape index (κ2) is 9.03. The Morgan fingerprint density at radius 1 is 1.10 bits per heavy atom. The maximum atomic E-state index is 12.8. The third-order valence-corrected chi connectivity index (χ3v) is 5.26. The number of carbonyl (C=O) groups is 1. The molecular weight excluding hydrogens is 374 g/mol. The van der Waals surface area contributed by atoms with Crippen LogP contribution in [0.4, 0.5) is 5.82 Å². The van der Waals surface area contributed by atoms with Gasteiger partial charge in [-0.3, -0.25) is 9.78 Å². The van der Waals surface area contributed by atoms with Crippen molar-refractivity contribution in [3.63, 3.8) is 0 Å². The fraction of sp³-hybridized carbons (Fsp3) is 0.333. The summed E-state index contributed by atoms with van der Waals surface area (Å²) in [6, 6.07) is 15.7. The molecular formula is C24H27N5O. The van der Waals surface area contributed by atoms with E-state index in [9.17, 15) is 4.79 Å². The summed E-state index contributed by atoms with van der Waals surface area (Å²) in [5.41, 5.74) is 3.92. The van der Waals surface area contributed by atoms with Gasteiger partial charge >= 0.3 is 0 Å². The second-order valence-corrected chi connectivity index (χ2v) is 7.86. The van der Waals surface area contributed by atoms with E-state index in [2.05, 4.69) is 45.7 Å². The average Bonchev–Trinajstić information content (AvgIpc) is 3.59. The first-order chi connectivity index (χ1) is 14.6. The number of benzene rings is 1. The molecule has 1 aromatic carbocycles. The van der Waals surface area contributed by atoms with Crippen molar-refractivity contribution in [2.75, 3.05) is 12.4 Å². The van der Waals surface area contributed by atoms with Crippen molar-refractivity contribution in [1.29, 1.82) is 0 Å². The van der Waals surface area contributed by atoms with Crippen molar-refractivity contribution in [2.45, 2.75) is 44.6 Å². The highest BCUT2D eigenvalue weighted by molar-refractivity contribution is 5.78. The van der Waals surface area contributed by atoms with Crippen molar-refractivity contribution in [1.82, 2.24) is 20.3 Å². The molecule has 3 aromatic rings. The summed E-state index contributed by atoms with van der Waals surface area (Å²) < 4.78 is 0. The molecule has 154 valence electrons. The molecule has 2 heterocycles. The molecule has 0 aliphatic heterocycles. The van der Waals surface area contributed by atoms with Crippen LogP contribution in [-0.4, -0.2) is 27.9 Å². The number of pyridine rings is 1. The second-order valence-electron chi connectivity index (χ2n) is 7.86. The van der Waals surface area contributed by atoms with Crippen LogP contribution in [0.5, 0.6) is 0 Å². The molecule has 4 rings (SSSR count). The number of aromatic nitrogens is 3. The van der Waals surface area contributed by atoms with Crippen LogP contribution in [0.2, 0.25) is 0 Å². The Morgan fingerprint density at radius 3 is 2.67 bits per heavy atom. The van der Waals surface area contributed by atoms with Crippen LogP contribution in [0.15, 0.2) is 54.7 Å². The SMILES string of the molecule is CNc1cc(CC(NC(=O)Cc2ccccn2)c2cccc(C)c2)nc(C2CC2)n1. The normalized spacial score (nSPS) is 14.2. The van der Waals surface area contributed by atoms with Gasteiger partial charge in [-0.05, 0) is 37.5 Å². The number of nitrogens with zero attached hydrogens (tertiary/aromatic N) is 3. The molecule has 2 aromatic heterocycles. The van der Waals surface area contributed by atoms with Crippen LogP contribution in [0, 0.1) is 6.92 Å². The third-order valence-electron chi connectivity index (χ3n) is 5.26. The summed E-state index contributed by atoms with van der Waals surface area (Å²) in [6.07, 6.45) is 4.86. The topological polar surface area (TPSA) is 79.8 Å². The van der Waals surface area contributed by atoms with Gasteiger partial charge in [0.05, 0.1) is 12.5 Å². The smallest absolute Gasteiger partial charge is 0.226 e. The molecule has 0 bridgehead atoms. The Bertz CT molecular complexity index is 1020. The molecule has 1 amide bonds. The highest BCUT2D eigenvalue weighted by Gasteiger charge is 2.28. The quantitative estimate of drug-likeness (QED) is 0.601. The van der Waals surface area contributed by atoms with Crippen molar-refractivity contribution in [3.05, 3.63) is 83.1 Å². The predicted molar refractivity (Wildman–Crippen MR) is 117 cm³/mol. The lowest BCUT2D eigenvalue weighted by Gasteiger charge is -2.20. The Labute approximate surface area is 177 Å². The summed E-state index contributed by atoms with van der Waals surface area (Å²) in [4.78, 5) is 26.5. The van der Waals surface area contributed by atoms with E-state index in [1.165, 1.54) is 0 Å². The van der Waals surface area contributed by atoms with E-state index >= 15 is 0 Å². The number of hydrogen-bond donors (Lipinski definition) is 2. The lowest BCUT2D eigenvalue weighted by Crippen LogP contribution is -2.31. The van der Waals surface area contributed by atoms with Gasteiger partial charge in [-0.1, -0.05) is 35.9 Å². The molecule has 0 spiro atoms. The Kier molecular flexibility index (Phi) is 6.02. The van der Waals surface area contributed by atoms with Crippen LogP contribution in [0.25, 0.3) is 0 Å². The first kappa shape index (κ1) is 20.0. The summed E-state index contributed by atoms with van der Waals surface area (Å²) in [5, 5.41) is 6.34. The van der Waals surface area contributed by atoms with Crippen molar-refractivity contribution >= 4 is 11.7 Å². The van der Waals surface area contributed by atoms with E-state index in [0.29, 0.717) is 12.3 Å². The van der Waals surface area contributed by atoms with E-state index in [4.69, 9.17) is 4.98 Å². The van der Waals surface area contributed by atoms with E-state index in [1.807, 2.05) is 37.4 Å². The van der Waals surface area contributed by atoms with Crippen LogP contribution in [0.1, 0.15) is 53.1 Å². The number of hydrogen-bond acceptors (Lipinski definition) is 5. The minimum absolute atomic E-state index is 0.0504. The number of rotatable bonds is 8. The summed E-state index contributed by atoms with van der Waals surface area (Å²) in [5.74, 6) is 2.14. The lowest BCUT2D eigenvalue weighted by atomic mass is 9.99. The minimum Gasteiger partial charge on any atom is -0.373 e. The van der Waals surface area contributed by atoms with Gasteiger partial charge in [0.15, 0.2) is 0 Å². The van der Waals surface area contributed by atoms with E-state index < -0.39 is 0 Å². The van der Waals surface area contributed by atoms with Crippen molar-refractivity contribution in [2.24, 2.45) is 0 Å². The summed E-state index contributed by atoms with van der Waals surface area (Å²) >= 11 is 0. The molecule has 1 saturated carbocycles. The van der Waals surface area contributed by atoms with Gasteiger partial charge in [0.25, 0.3) is 0 Å². The van der Waals surface area contributed by atoms with Gasteiger partial charge in [-0.25, -0.2) is 9.97 Å². The lowest BCUT2D eigenvalue weighted by molar-refractivity contribution is -0.121. The number of aryl methyl sites for hydroxylation is 1. The van der Waals surface area contributed by atoms with Gasteiger partial charge < -0.3 is 10.6 Å². The highest BCUT2D eigenvalue weighted by atomic mass is 16.1. The third kappa shape index (κ3) is 5.20. The summed E-state index contributed by atoms with van der Waals surface area (Å²) in [6.45, 7) is 2.06. The van der Waals surface area contributed by atoms with Gasteiger partial charge in [-0.2, -0.15) is 0 Å². The van der Waals surface area contributed by atoms with Crippen LogP contribution >= 0.6 is 0 Å². The number of nitrogens with one attached hydrogen (secondary N) is 2. The zero-order valence-corrected chi connectivity index (χ0v) is 17.4. The largest absolute Gasteiger partial charge is 0.373 e. The molecule has 1 aliphatic rings. The zero-order chi connectivity index (χ0) is 20.9. The first-order valence-corrected chi connectivity index (χ1v) is 10.4. The molecule has 30 heavy (non-hydrogen) atoms. The molecule has 1 aliphatic carbocycles. The molecule has 0 saturated heterocycles. The standard InChI is InChI=1S/C24H27N5O/c1-16-6-5-7-18(12-16)21(28-23(30)15-19-8-3-4-11-26-19)13-20-14-22(25-2)29-24(27-20)17-9-10-17/h3-8,11-12,14,17,21H,9-10,13,15H2,1-2H3,(H,28,30)(H,25,27,29). The molecule has 6 nitrogen and oxygen atoms in total. The van der Waals surface area contributed by atoms with Crippen molar-refractivity contribution < 1.29 is 4.79 Å². The van der Waals surface area contributed by atoms with E-state index in [0.717, 1.165) is 47.0 Å². The maximum absolute atomic E-state index is 12.8. The molecule has 1 fully saturated rings.